The van der Waals surface area contributed by atoms with E-state index in [1.807, 2.05) is 0 Å². The van der Waals surface area contributed by atoms with Crippen molar-refractivity contribution in [3.63, 3.8) is 0 Å². The van der Waals surface area contributed by atoms with Gasteiger partial charge in [-0.3, -0.25) is 23.3 Å². The molecule has 29 heavy (non-hydrogen) atoms. The lowest BCUT2D eigenvalue weighted by Crippen LogP contribution is -2.38. The molecule has 0 radical (unpaired) electrons. The van der Waals surface area contributed by atoms with Gasteiger partial charge in [-0.25, -0.2) is 9.59 Å². The molecule has 2 aromatic heterocycles. The molecule has 0 atom stereocenters. The number of carbonyl (C=O) groups excluding carboxylic acids is 2. The first-order chi connectivity index (χ1) is 13.7. The van der Waals surface area contributed by atoms with Crippen molar-refractivity contribution in [1.82, 2.24) is 24.0 Å². The lowest BCUT2D eigenvalue weighted by atomic mass is 10.1. The molecule has 0 bridgehead atoms. The molecule has 1 N–H and O–H groups in total. The Bertz CT molecular complexity index is 1220. The van der Waals surface area contributed by atoms with Gasteiger partial charge in [0.05, 0.1) is 12.7 Å². The van der Waals surface area contributed by atoms with Gasteiger partial charge in [-0.05, 0) is 29.3 Å². The second kappa shape index (κ2) is 7.92. The van der Waals surface area contributed by atoms with Crippen LogP contribution in [0, 0.1) is 0 Å². The molecular formula is C18H18ClN5O5. The number of hydrogen-bond donors (Lipinski definition) is 1. The van der Waals surface area contributed by atoms with Crippen LogP contribution in [-0.2, 0) is 36.7 Å². The van der Waals surface area contributed by atoms with Gasteiger partial charge in [0.2, 0.25) is 11.2 Å². The quantitative estimate of drug-likeness (QED) is 0.466. The average molecular weight is 420 g/mol. The number of nitrogens with zero attached hydrogens (tertiary/aromatic N) is 4. The number of nitrogens with one attached hydrogen (secondary N) is 1. The summed E-state index contributed by atoms with van der Waals surface area (Å²) in [5.41, 5.74) is 0.218. The number of ether oxygens (including phenoxy) is 1. The molecule has 0 spiro atoms. The van der Waals surface area contributed by atoms with Crippen LogP contribution in [0.15, 0.2) is 33.9 Å². The maximum absolute atomic E-state index is 12.5. The Morgan fingerprint density at radius 3 is 2.41 bits per heavy atom. The largest absolute Gasteiger partial charge is 0.465 e. The van der Waals surface area contributed by atoms with Crippen LogP contribution in [0.3, 0.4) is 0 Å². The number of imidazole rings is 1. The van der Waals surface area contributed by atoms with E-state index in [9.17, 15) is 19.2 Å². The minimum atomic E-state index is -0.589. The van der Waals surface area contributed by atoms with Crippen LogP contribution in [-0.4, -0.2) is 37.7 Å². The van der Waals surface area contributed by atoms with Crippen molar-refractivity contribution in [3.05, 3.63) is 61.5 Å². The number of aryl methyl sites for hydroxylation is 1. The van der Waals surface area contributed by atoms with Crippen LogP contribution in [0.1, 0.15) is 15.9 Å². The third-order valence-corrected chi connectivity index (χ3v) is 4.76. The van der Waals surface area contributed by atoms with Crippen LogP contribution < -0.4 is 16.6 Å². The van der Waals surface area contributed by atoms with Crippen molar-refractivity contribution in [3.8, 4) is 0 Å². The second-order valence-corrected chi connectivity index (χ2v) is 6.65. The number of carbonyl (C=O) groups is 2. The number of benzene rings is 1. The summed E-state index contributed by atoms with van der Waals surface area (Å²) in [5, 5.41) is 2.64. The molecule has 1 amide bonds. The van der Waals surface area contributed by atoms with Gasteiger partial charge in [-0.15, -0.1) is 0 Å². The zero-order valence-electron chi connectivity index (χ0n) is 15.9. The molecule has 3 aromatic rings. The molecule has 152 valence electrons. The minimum Gasteiger partial charge on any atom is -0.465 e. The van der Waals surface area contributed by atoms with Gasteiger partial charge in [0.15, 0.2) is 11.2 Å². The number of esters is 1. The number of fused-ring (bicyclic) bond motifs is 1. The van der Waals surface area contributed by atoms with Gasteiger partial charge in [0.1, 0.15) is 6.54 Å². The molecule has 0 fully saturated rings. The second-order valence-electron chi connectivity index (χ2n) is 6.31. The van der Waals surface area contributed by atoms with E-state index in [0.717, 1.165) is 10.1 Å². The van der Waals surface area contributed by atoms with E-state index in [4.69, 9.17) is 11.6 Å². The zero-order chi connectivity index (χ0) is 21.3. The van der Waals surface area contributed by atoms with Crippen molar-refractivity contribution in [2.75, 3.05) is 7.11 Å². The number of aromatic nitrogens is 4. The number of halogens is 1. The lowest BCUT2D eigenvalue weighted by Gasteiger charge is -2.09. The molecule has 0 saturated heterocycles. The number of amides is 1. The number of methoxy groups -OCH3 is 1. The number of hydrogen-bond acceptors (Lipinski definition) is 6. The zero-order valence-corrected chi connectivity index (χ0v) is 16.7. The van der Waals surface area contributed by atoms with Crippen LogP contribution in [0.5, 0.6) is 0 Å². The van der Waals surface area contributed by atoms with Crippen LogP contribution in [0.25, 0.3) is 11.2 Å². The molecule has 2 heterocycles. The van der Waals surface area contributed by atoms with Crippen LogP contribution >= 0.6 is 11.6 Å². The first-order valence-corrected chi connectivity index (χ1v) is 8.88. The molecule has 0 saturated carbocycles. The molecular weight excluding hydrogens is 402 g/mol. The van der Waals surface area contributed by atoms with E-state index in [0.29, 0.717) is 5.56 Å². The highest BCUT2D eigenvalue weighted by Crippen LogP contribution is 2.15. The minimum absolute atomic E-state index is 0.0668. The molecule has 1 aromatic carbocycles. The van der Waals surface area contributed by atoms with E-state index < -0.39 is 23.1 Å². The Balaban J connectivity index is 1.78. The van der Waals surface area contributed by atoms with Crippen molar-refractivity contribution < 1.29 is 14.3 Å². The van der Waals surface area contributed by atoms with Gasteiger partial charge in [-0.2, -0.15) is 4.98 Å². The SMILES string of the molecule is COC(=O)c1ccc(CNC(=O)Cn2c(Cl)nc3c2c(=O)n(C)c(=O)n3C)cc1. The Morgan fingerprint density at radius 2 is 1.79 bits per heavy atom. The molecule has 0 aliphatic carbocycles. The van der Waals surface area contributed by atoms with Crippen molar-refractivity contribution in [2.24, 2.45) is 14.1 Å². The van der Waals surface area contributed by atoms with Gasteiger partial charge in [0, 0.05) is 20.6 Å². The van der Waals surface area contributed by atoms with E-state index >= 15 is 0 Å². The third kappa shape index (κ3) is 3.79. The summed E-state index contributed by atoms with van der Waals surface area (Å²) in [7, 11) is 4.11. The van der Waals surface area contributed by atoms with Crippen LogP contribution in [0.4, 0.5) is 0 Å². The number of rotatable bonds is 5. The molecule has 0 unspecified atom stereocenters. The standard InChI is InChI=1S/C18H18ClN5O5/c1-22-14-13(15(26)23(2)18(22)28)24(17(19)21-14)9-12(25)20-8-10-4-6-11(7-5-10)16(27)29-3/h4-7H,8-9H2,1-3H3,(H,20,25). The Hall–Kier alpha value is -3.40. The van der Waals surface area contributed by atoms with Gasteiger partial charge in [0.25, 0.3) is 5.56 Å². The summed E-state index contributed by atoms with van der Waals surface area (Å²) in [5.74, 6) is -0.850. The Labute approximate surface area is 169 Å². The highest BCUT2D eigenvalue weighted by Gasteiger charge is 2.19. The topological polar surface area (TPSA) is 117 Å². The normalized spacial score (nSPS) is 10.9. The summed E-state index contributed by atoms with van der Waals surface area (Å²) >= 11 is 6.10. The summed E-state index contributed by atoms with van der Waals surface area (Å²) in [6, 6.07) is 6.57. The maximum atomic E-state index is 12.5. The van der Waals surface area contributed by atoms with Crippen molar-refractivity contribution in [2.45, 2.75) is 13.1 Å². The summed E-state index contributed by atoms with van der Waals surface area (Å²) in [4.78, 5) is 52.3. The van der Waals surface area contributed by atoms with E-state index in [1.165, 1.54) is 30.3 Å². The maximum Gasteiger partial charge on any atom is 0.337 e. The molecule has 0 aliphatic heterocycles. The summed E-state index contributed by atoms with van der Waals surface area (Å²) < 4.78 is 8.02. The van der Waals surface area contributed by atoms with Gasteiger partial charge in [-0.1, -0.05) is 12.1 Å². The van der Waals surface area contributed by atoms with Crippen molar-refractivity contribution >= 4 is 34.6 Å². The monoisotopic (exact) mass is 419 g/mol. The summed E-state index contributed by atoms with van der Waals surface area (Å²) in [6.45, 7) is -0.0376. The lowest BCUT2D eigenvalue weighted by molar-refractivity contribution is -0.121. The van der Waals surface area contributed by atoms with Gasteiger partial charge >= 0.3 is 11.7 Å². The first-order valence-electron chi connectivity index (χ1n) is 8.50. The first kappa shape index (κ1) is 20.3. The van der Waals surface area contributed by atoms with E-state index in [2.05, 4.69) is 15.0 Å². The molecule has 11 heteroatoms. The van der Waals surface area contributed by atoms with Crippen molar-refractivity contribution in [1.29, 1.82) is 0 Å². The summed E-state index contributed by atoms with van der Waals surface area (Å²) in [6.07, 6.45) is 0. The fourth-order valence-electron chi connectivity index (χ4n) is 2.84. The van der Waals surface area contributed by atoms with Crippen LogP contribution in [0.2, 0.25) is 5.28 Å². The average Bonchev–Trinajstić information content (AvgIpc) is 3.05. The molecule has 3 rings (SSSR count). The molecule has 0 aliphatic rings. The fourth-order valence-corrected chi connectivity index (χ4v) is 3.07. The Morgan fingerprint density at radius 1 is 1.14 bits per heavy atom. The molecule has 10 nitrogen and oxygen atoms in total. The van der Waals surface area contributed by atoms with Gasteiger partial charge < -0.3 is 10.1 Å². The van der Waals surface area contributed by atoms with E-state index in [-0.39, 0.29) is 29.5 Å². The highest BCUT2D eigenvalue weighted by molar-refractivity contribution is 6.29. The smallest absolute Gasteiger partial charge is 0.337 e. The Kier molecular flexibility index (Phi) is 5.55. The van der Waals surface area contributed by atoms with E-state index in [1.54, 1.807) is 24.3 Å². The third-order valence-electron chi connectivity index (χ3n) is 4.47. The fraction of sp³-hybridized carbons (Fsp3) is 0.278. The predicted octanol–water partition coefficient (Wildman–Crippen LogP) is 0.190. The highest BCUT2D eigenvalue weighted by atomic mass is 35.5. The predicted molar refractivity (Wildman–Crippen MR) is 105 cm³/mol.